The SMILES string of the molecule is CCC(C)N1CCN(Cc2ccc(NC(=O)c3cncc(C#Cc4cnc(/C=C\C=N)[nH]4)c3)cc2)CC1.CCN.CF. The summed E-state index contributed by atoms with van der Waals surface area (Å²) < 4.78 is 9.50. The number of aromatic nitrogens is 3. The van der Waals surface area contributed by atoms with Crippen LogP contribution < -0.4 is 11.1 Å². The lowest BCUT2D eigenvalue weighted by Gasteiger charge is -2.37. The number of aromatic amines is 1. The molecule has 1 aliphatic rings. The zero-order chi connectivity index (χ0) is 30.7. The number of H-pyrrole nitrogens is 1. The first-order valence-corrected chi connectivity index (χ1v) is 14.1. The van der Waals surface area contributed by atoms with Gasteiger partial charge in [0.1, 0.15) is 11.5 Å². The number of carbonyl (C=O) groups is 1. The lowest BCUT2D eigenvalue weighted by atomic mass is 10.1. The molecule has 1 atom stereocenters. The van der Waals surface area contributed by atoms with Crippen molar-refractivity contribution in [1.82, 2.24) is 24.8 Å². The lowest BCUT2D eigenvalue weighted by Crippen LogP contribution is -2.48. The molecule has 0 radical (unpaired) electrons. The van der Waals surface area contributed by atoms with E-state index in [2.05, 4.69) is 67.9 Å². The van der Waals surface area contributed by atoms with E-state index in [0.29, 0.717) is 35.9 Å². The third kappa shape index (κ3) is 11.4. The molecule has 5 N–H and O–H groups in total. The third-order valence-corrected chi connectivity index (χ3v) is 6.53. The smallest absolute Gasteiger partial charge is 0.257 e. The lowest BCUT2D eigenvalue weighted by molar-refractivity contribution is 0.0963. The van der Waals surface area contributed by atoms with Crippen molar-refractivity contribution in [3.05, 3.63) is 83.2 Å². The Labute approximate surface area is 249 Å². The number of nitrogens with two attached hydrogens (primary N) is 1. The highest BCUT2D eigenvalue weighted by molar-refractivity contribution is 6.04. The Bertz CT molecular complexity index is 1320. The van der Waals surface area contributed by atoms with Crippen LogP contribution in [0.3, 0.4) is 0 Å². The monoisotopic (exact) mass is 574 g/mol. The molecule has 1 unspecified atom stereocenters. The predicted octanol–water partition coefficient (Wildman–Crippen LogP) is 4.59. The fourth-order valence-corrected chi connectivity index (χ4v) is 4.17. The Morgan fingerprint density at radius 2 is 1.83 bits per heavy atom. The average molecular weight is 575 g/mol. The molecule has 42 heavy (non-hydrogen) atoms. The van der Waals surface area contributed by atoms with Crippen LogP contribution in [-0.2, 0) is 6.54 Å². The predicted molar refractivity (Wildman–Crippen MR) is 169 cm³/mol. The van der Waals surface area contributed by atoms with Crippen molar-refractivity contribution in [3.8, 4) is 11.8 Å². The van der Waals surface area contributed by atoms with E-state index in [1.165, 1.54) is 24.4 Å². The number of anilines is 1. The molecule has 1 aliphatic heterocycles. The first-order valence-electron chi connectivity index (χ1n) is 14.1. The summed E-state index contributed by atoms with van der Waals surface area (Å²) in [5.74, 6) is 6.38. The summed E-state index contributed by atoms with van der Waals surface area (Å²) in [6, 6.07) is 10.4. The quantitative estimate of drug-likeness (QED) is 0.230. The number of alkyl halides is 1. The minimum Gasteiger partial charge on any atom is -0.332 e. The molecule has 1 saturated heterocycles. The average Bonchev–Trinajstić information content (AvgIpc) is 3.49. The van der Waals surface area contributed by atoms with Gasteiger partial charge < -0.3 is 21.4 Å². The van der Waals surface area contributed by atoms with E-state index >= 15 is 0 Å². The van der Waals surface area contributed by atoms with Gasteiger partial charge in [0.25, 0.3) is 5.91 Å². The molecule has 4 rings (SSSR count). The number of amides is 1. The number of nitrogens with zero attached hydrogens (tertiary/aromatic N) is 4. The molecule has 0 bridgehead atoms. The van der Waals surface area contributed by atoms with Crippen LogP contribution in [0, 0.1) is 17.3 Å². The Kier molecular flexibility index (Phi) is 15.4. The molecule has 3 heterocycles. The highest BCUT2D eigenvalue weighted by Crippen LogP contribution is 2.15. The van der Waals surface area contributed by atoms with Crippen molar-refractivity contribution in [3.63, 3.8) is 0 Å². The number of halogens is 1. The summed E-state index contributed by atoms with van der Waals surface area (Å²) in [5.41, 5.74) is 8.54. The Morgan fingerprint density at radius 1 is 1.14 bits per heavy atom. The number of imidazole rings is 1. The van der Waals surface area contributed by atoms with Gasteiger partial charge in [-0.3, -0.25) is 24.0 Å². The van der Waals surface area contributed by atoms with Crippen LogP contribution in [0.1, 0.15) is 60.2 Å². The van der Waals surface area contributed by atoms with E-state index in [1.54, 1.807) is 30.6 Å². The molecule has 1 amide bonds. The van der Waals surface area contributed by atoms with Crippen LogP contribution in [0.4, 0.5) is 10.1 Å². The first kappa shape index (κ1) is 34.0. The third-order valence-electron chi connectivity index (χ3n) is 6.53. The van der Waals surface area contributed by atoms with Crippen LogP contribution in [0.5, 0.6) is 0 Å². The van der Waals surface area contributed by atoms with E-state index in [9.17, 15) is 9.18 Å². The van der Waals surface area contributed by atoms with Crippen LogP contribution >= 0.6 is 0 Å². The summed E-state index contributed by atoms with van der Waals surface area (Å²) in [6.45, 7) is 12.5. The molecule has 1 fully saturated rings. The summed E-state index contributed by atoms with van der Waals surface area (Å²) in [5, 5.41) is 9.98. The number of rotatable bonds is 8. The summed E-state index contributed by atoms with van der Waals surface area (Å²) in [7, 11) is 0.500. The van der Waals surface area contributed by atoms with Crippen molar-refractivity contribution >= 4 is 23.9 Å². The van der Waals surface area contributed by atoms with Gasteiger partial charge in [-0.2, -0.15) is 0 Å². The number of hydrogen-bond donors (Lipinski definition) is 4. The first-order chi connectivity index (χ1) is 20.4. The van der Waals surface area contributed by atoms with E-state index in [4.69, 9.17) is 11.1 Å². The van der Waals surface area contributed by atoms with Crippen molar-refractivity contribution in [2.45, 2.75) is 39.8 Å². The minimum atomic E-state index is -0.231. The second-order valence-electron chi connectivity index (χ2n) is 9.55. The van der Waals surface area contributed by atoms with Gasteiger partial charge in [0.15, 0.2) is 0 Å². The fourth-order valence-electron chi connectivity index (χ4n) is 4.17. The maximum Gasteiger partial charge on any atom is 0.257 e. The zero-order valence-corrected chi connectivity index (χ0v) is 25.0. The molecule has 10 heteroatoms. The van der Waals surface area contributed by atoms with Gasteiger partial charge in [-0.1, -0.05) is 31.9 Å². The number of carbonyl (C=O) groups excluding carboxylic acids is 1. The molecule has 2 aromatic heterocycles. The van der Waals surface area contributed by atoms with Crippen LogP contribution in [0.15, 0.2) is 55.0 Å². The van der Waals surface area contributed by atoms with Crippen molar-refractivity contribution < 1.29 is 9.18 Å². The number of pyridine rings is 1. The van der Waals surface area contributed by atoms with Crippen molar-refractivity contribution in [2.24, 2.45) is 5.73 Å². The summed E-state index contributed by atoms with van der Waals surface area (Å²) in [6.07, 6.45) is 10.4. The van der Waals surface area contributed by atoms with Gasteiger partial charge in [-0.25, -0.2) is 4.98 Å². The van der Waals surface area contributed by atoms with E-state index in [1.807, 2.05) is 19.1 Å². The highest BCUT2D eigenvalue weighted by Gasteiger charge is 2.20. The number of piperazine rings is 1. The molecule has 3 aromatic rings. The summed E-state index contributed by atoms with van der Waals surface area (Å²) in [4.78, 5) is 29.3. The van der Waals surface area contributed by atoms with Gasteiger partial charge in [-0.05, 0) is 61.7 Å². The van der Waals surface area contributed by atoms with Gasteiger partial charge in [-0.15, -0.1) is 0 Å². The number of allylic oxidation sites excluding steroid dienone is 1. The van der Waals surface area contributed by atoms with Gasteiger partial charge in [0.05, 0.1) is 18.9 Å². The molecular weight excluding hydrogens is 531 g/mol. The number of nitrogens with one attached hydrogen (secondary N) is 3. The topological polar surface area (TPSA) is 127 Å². The van der Waals surface area contributed by atoms with Crippen LogP contribution in [-0.4, -0.2) is 82.8 Å². The molecule has 0 spiro atoms. The number of benzene rings is 1. The van der Waals surface area contributed by atoms with E-state index in [-0.39, 0.29) is 5.91 Å². The Morgan fingerprint density at radius 3 is 2.48 bits per heavy atom. The molecule has 1 aromatic carbocycles. The van der Waals surface area contributed by atoms with Crippen LogP contribution in [0.25, 0.3) is 6.08 Å². The largest absolute Gasteiger partial charge is 0.332 e. The zero-order valence-electron chi connectivity index (χ0n) is 25.0. The second-order valence-corrected chi connectivity index (χ2v) is 9.55. The fraction of sp³-hybridized carbons (Fsp3) is 0.375. The molecule has 9 nitrogen and oxygen atoms in total. The Hall–Kier alpha value is -4.17. The standard InChI is InChI=1S/C29H33N7O.C2H7N.CH3F/c1-3-22(2)36-15-13-35(14-16-36)21-23-6-9-26(10-7-23)34-29(37)25-17-24(18-31-19-25)8-11-27-20-32-28(33-27)5-4-12-30;1-2-3;1-2/h4-7,9-10,12,17-20,22,30H,3,13-16,21H2,1-2H3,(H,32,33)(H,34,37);2-3H2,1H3;1H3/b5-4-,30-12?;;. The van der Waals surface area contributed by atoms with E-state index < -0.39 is 0 Å². The Balaban J connectivity index is 0.00000116. The maximum atomic E-state index is 12.8. The van der Waals surface area contributed by atoms with Crippen LogP contribution in [0.2, 0.25) is 0 Å². The summed E-state index contributed by atoms with van der Waals surface area (Å²) >= 11 is 0. The molecular formula is C32H43FN8O. The van der Waals surface area contributed by atoms with E-state index in [0.717, 1.165) is 45.0 Å². The maximum absolute atomic E-state index is 12.8. The van der Waals surface area contributed by atoms with Crippen molar-refractivity contribution in [1.29, 1.82) is 5.41 Å². The molecule has 0 aliphatic carbocycles. The highest BCUT2D eigenvalue weighted by atomic mass is 19.1. The van der Waals surface area contributed by atoms with Crippen molar-refractivity contribution in [2.75, 3.05) is 45.2 Å². The molecule has 0 saturated carbocycles. The normalized spacial score (nSPS) is 14.0. The number of hydrogen-bond acceptors (Lipinski definition) is 7. The van der Waals surface area contributed by atoms with Gasteiger partial charge in [0, 0.05) is 68.6 Å². The second kappa shape index (κ2) is 19.0. The molecule has 224 valence electrons. The van der Waals surface area contributed by atoms with Gasteiger partial charge in [0.2, 0.25) is 0 Å². The van der Waals surface area contributed by atoms with Gasteiger partial charge >= 0.3 is 0 Å². The minimum absolute atomic E-state index is 0.231.